The fraction of sp³-hybridized carbons (Fsp3) is 0.200. The van der Waals surface area contributed by atoms with Crippen LogP contribution in [0, 0.1) is 11.8 Å². The zero-order valence-electron chi connectivity index (χ0n) is 21.0. The number of anilines is 1. The van der Waals surface area contributed by atoms with Gasteiger partial charge in [-0.25, -0.2) is 4.98 Å². The number of carbonyl (C=O) groups is 3. The third-order valence-electron chi connectivity index (χ3n) is 6.14. The Morgan fingerprint density at radius 1 is 0.846 bits per heavy atom. The van der Waals surface area contributed by atoms with Crippen molar-refractivity contribution in [2.45, 2.75) is 19.3 Å². The summed E-state index contributed by atoms with van der Waals surface area (Å²) in [5.41, 5.74) is 3.33. The minimum Gasteiger partial charge on any atom is -0.493 e. The molecule has 0 fully saturated rings. The predicted molar refractivity (Wildman–Crippen MR) is 149 cm³/mol. The standard InChI is InChI=1S/C30H28N2O6S/c33-27(34)17-25-19-39-30(31-25)32-28(35)23(16-24(29(36)37)18-38-26-9-5-2-6-10-26)15-20-11-13-22(14-12-20)21-7-3-1-4-8-21/h1-14,19,23-24H,15-18H2,(H,33,34)(H,36,37)(H,31,32,35)/t23-,24+/m1/s1. The van der Waals surface area contributed by atoms with Crippen LogP contribution in [0.1, 0.15) is 17.7 Å². The van der Waals surface area contributed by atoms with Crippen molar-refractivity contribution >= 4 is 34.3 Å². The number of hydrogen-bond donors (Lipinski definition) is 3. The Morgan fingerprint density at radius 2 is 1.49 bits per heavy atom. The molecule has 3 aromatic carbocycles. The lowest BCUT2D eigenvalue weighted by atomic mass is 9.88. The number of carboxylic acids is 2. The van der Waals surface area contributed by atoms with Crippen LogP contribution in [-0.4, -0.2) is 39.6 Å². The van der Waals surface area contributed by atoms with E-state index in [4.69, 9.17) is 9.84 Å². The van der Waals surface area contributed by atoms with E-state index >= 15 is 0 Å². The normalized spacial score (nSPS) is 12.3. The number of thiazole rings is 1. The number of rotatable bonds is 13. The topological polar surface area (TPSA) is 126 Å². The summed E-state index contributed by atoms with van der Waals surface area (Å²) in [6.45, 7) is -0.0872. The minimum atomic E-state index is -1.05. The van der Waals surface area contributed by atoms with Gasteiger partial charge < -0.3 is 20.3 Å². The van der Waals surface area contributed by atoms with Gasteiger partial charge in [-0.05, 0) is 41.7 Å². The quantitative estimate of drug-likeness (QED) is 0.206. The summed E-state index contributed by atoms with van der Waals surface area (Å²) in [6, 6.07) is 26.7. The molecule has 1 amide bonds. The Morgan fingerprint density at radius 3 is 2.13 bits per heavy atom. The largest absolute Gasteiger partial charge is 0.493 e. The van der Waals surface area contributed by atoms with Crippen LogP contribution in [0.25, 0.3) is 11.1 Å². The molecule has 39 heavy (non-hydrogen) atoms. The molecule has 0 aliphatic heterocycles. The van der Waals surface area contributed by atoms with Crippen LogP contribution >= 0.6 is 11.3 Å². The van der Waals surface area contributed by atoms with Crippen LogP contribution in [0.2, 0.25) is 0 Å². The Hall–Kier alpha value is -4.50. The molecule has 0 bridgehead atoms. The van der Waals surface area contributed by atoms with E-state index in [1.807, 2.05) is 60.7 Å². The fourth-order valence-electron chi connectivity index (χ4n) is 4.14. The first-order valence-electron chi connectivity index (χ1n) is 12.4. The highest BCUT2D eigenvalue weighted by molar-refractivity contribution is 7.13. The fourth-order valence-corrected chi connectivity index (χ4v) is 4.85. The van der Waals surface area contributed by atoms with Crippen LogP contribution in [0.3, 0.4) is 0 Å². The molecule has 200 valence electrons. The number of para-hydroxylation sites is 1. The van der Waals surface area contributed by atoms with Crippen molar-refractivity contribution in [3.8, 4) is 16.9 Å². The van der Waals surface area contributed by atoms with Crippen molar-refractivity contribution in [2.75, 3.05) is 11.9 Å². The molecule has 2 atom stereocenters. The van der Waals surface area contributed by atoms with Crippen molar-refractivity contribution < 1.29 is 29.3 Å². The molecule has 1 heterocycles. The molecule has 1 aromatic heterocycles. The highest BCUT2D eigenvalue weighted by Crippen LogP contribution is 2.25. The Bertz CT molecular complexity index is 1390. The summed E-state index contributed by atoms with van der Waals surface area (Å²) in [4.78, 5) is 40.7. The molecule has 4 rings (SSSR count). The third kappa shape index (κ3) is 8.24. The maximum atomic E-state index is 13.4. The van der Waals surface area contributed by atoms with E-state index in [-0.39, 0.29) is 30.5 Å². The van der Waals surface area contributed by atoms with Gasteiger partial charge in [-0.1, -0.05) is 72.8 Å². The zero-order chi connectivity index (χ0) is 27.6. The molecule has 0 aliphatic carbocycles. The average Bonchev–Trinajstić information content (AvgIpc) is 3.37. The summed E-state index contributed by atoms with van der Waals surface area (Å²) < 4.78 is 5.71. The highest BCUT2D eigenvalue weighted by Gasteiger charge is 2.29. The number of nitrogens with one attached hydrogen (secondary N) is 1. The number of hydrogen-bond acceptors (Lipinski definition) is 6. The van der Waals surface area contributed by atoms with Crippen LogP contribution in [0.15, 0.2) is 90.3 Å². The molecule has 0 spiro atoms. The average molecular weight is 545 g/mol. The minimum absolute atomic E-state index is 0.0434. The van der Waals surface area contributed by atoms with Gasteiger partial charge in [-0.3, -0.25) is 14.4 Å². The van der Waals surface area contributed by atoms with E-state index in [2.05, 4.69) is 10.3 Å². The number of amides is 1. The van der Waals surface area contributed by atoms with E-state index < -0.39 is 23.8 Å². The summed E-state index contributed by atoms with van der Waals surface area (Å²) in [5.74, 6) is -3.53. The SMILES string of the molecule is O=C(O)Cc1csc(NC(=O)[C@H](Cc2ccc(-c3ccccc3)cc2)C[C@@H](COc2ccccc2)C(=O)O)n1. The number of benzene rings is 3. The number of carbonyl (C=O) groups excluding carboxylic acids is 1. The molecular formula is C30H28N2O6S. The Labute approximate surface area is 229 Å². The van der Waals surface area contributed by atoms with Crippen LogP contribution in [0.5, 0.6) is 5.75 Å². The zero-order valence-corrected chi connectivity index (χ0v) is 21.8. The molecular weight excluding hydrogens is 516 g/mol. The van der Waals surface area contributed by atoms with Gasteiger partial charge in [0, 0.05) is 11.3 Å². The van der Waals surface area contributed by atoms with E-state index in [1.165, 1.54) is 0 Å². The maximum Gasteiger partial charge on any atom is 0.309 e. The van der Waals surface area contributed by atoms with Crippen LogP contribution in [-0.2, 0) is 27.2 Å². The first-order chi connectivity index (χ1) is 18.9. The summed E-state index contributed by atoms with van der Waals surface area (Å²) in [5, 5.41) is 23.5. The van der Waals surface area contributed by atoms with Gasteiger partial charge >= 0.3 is 11.9 Å². The van der Waals surface area contributed by atoms with E-state index in [0.717, 1.165) is 28.0 Å². The first-order valence-corrected chi connectivity index (χ1v) is 13.3. The maximum absolute atomic E-state index is 13.4. The van der Waals surface area contributed by atoms with Crippen molar-refractivity contribution in [2.24, 2.45) is 11.8 Å². The molecule has 8 nitrogen and oxygen atoms in total. The molecule has 9 heteroatoms. The smallest absolute Gasteiger partial charge is 0.309 e. The van der Waals surface area contributed by atoms with Gasteiger partial charge in [0.1, 0.15) is 12.4 Å². The first kappa shape index (κ1) is 27.5. The van der Waals surface area contributed by atoms with E-state index in [1.54, 1.807) is 29.6 Å². The van der Waals surface area contributed by atoms with Gasteiger partial charge in [0.2, 0.25) is 5.91 Å². The van der Waals surface area contributed by atoms with Crippen LogP contribution < -0.4 is 10.1 Å². The van der Waals surface area contributed by atoms with Gasteiger partial charge in [0.15, 0.2) is 5.13 Å². The molecule has 0 aliphatic rings. The number of carboxylic acid groups (broad SMARTS) is 2. The third-order valence-corrected chi connectivity index (χ3v) is 6.95. The van der Waals surface area contributed by atoms with Crippen molar-refractivity contribution in [3.63, 3.8) is 0 Å². The van der Waals surface area contributed by atoms with Gasteiger partial charge in [-0.15, -0.1) is 11.3 Å². The molecule has 0 saturated heterocycles. The Kier molecular flexibility index (Phi) is 9.42. The summed E-state index contributed by atoms with van der Waals surface area (Å²) in [7, 11) is 0. The lowest BCUT2D eigenvalue weighted by Crippen LogP contribution is -2.31. The molecule has 3 N–H and O–H groups in total. The number of aliphatic carboxylic acids is 2. The molecule has 4 aromatic rings. The van der Waals surface area contributed by atoms with Gasteiger partial charge in [0.25, 0.3) is 0 Å². The number of aromatic nitrogens is 1. The van der Waals surface area contributed by atoms with Crippen molar-refractivity contribution in [1.82, 2.24) is 4.98 Å². The molecule has 0 radical (unpaired) electrons. The van der Waals surface area contributed by atoms with Gasteiger partial charge in [-0.2, -0.15) is 0 Å². The van der Waals surface area contributed by atoms with E-state index in [9.17, 15) is 19.5 Å². The second-order valence-electron chi connectivity index (χ2n) is 9.06. The number of nitrogens with zero attached hydrogens (tertiary/aromatic N) is 1. The van der Waals surface area contributed by atoms with Crippen molar-refractivity contribution in [3.05, 3.63) is 102 Å². The summed E-state index contributed by atoms with van der Waals surface area (Å²) in [6.07, 6.45) is 0.104. The van der Waals surface area contributed by atoms with Crippen molar-refractivity contribution in [1.29, 1.82) is 0 Å². The van der Waals surface area contributed by atoms with E-state index in [0.29, 0.717) is 17.9 Å². The van der Waals surface area contributed by atoms with Crippen LogP contribution in [0.4, 0.5) is 5.13 Å². The molecule has 0 saturated carbocycles. The second kappa shape index (κ2) is 13.3. The lowest BCUT2D eigenvalue weighted by Gasteiger charge is -2.21. The Balaban J connectivity index is 1.51. The number of ether oxygens (including phenoxy) is 1. The summed E-state index contributed by atoms with van der Waals surface area (Å²) >= 11 is 1.13. The highest BCUT2D eigenvalue weighted by atomic mass is 32.1. The lowest BCUT2D eigenvalue weighted by molar-refractivity contribution is -0.143. The predicted octanol–water partition coefficient (Wildman–Crippen LogP) is 5.40. The second-order valence-corrected chi connectivity index (χ2v) is 9.92. The monoisotopic (exact) mass is 544 g/mol. The molecule has 0 unspecified atom stereocenters. The van der Waals surface area contributed by atoms with Gasteiger partial charge in [0.05, 0.1) is 18.0 Å².